The van der Waals surface area contributed by atoms with Gasteiger partial charge in [0.2, 0.25) is 11.8 Å². The molecule has 0 saturated carbocycles. The molecule has 1 saturated heterocycles. The van der Waals surface area contributed by atoms with Crippen LogP contribution in [0.4, 0.5) is 10.1 Å². The predicted octanol–water partition coefficient (Wildman–Crippen LogP) is 0.914. The van der Waals surface area contributed by atoms with Crippen LogP contribution >= 0.6 is 0 Å². The zero-order valence-electron chi connectivity index (χ0n) is 13.0. The Morgan fingerprint density at radius 2 is 2.12 bits per heavy atom. The quantitative estimate of drug-likeness (QED) is 0.877. The van der Waals surface area contributed by atoms with Gasteiger partial charge in [-0.05, 0) is 30.7 Å². The fraction of sp³-hybridized carbons (Fsp3) is 0.375. The molecule has 1 fully saturated rings. The monoisotopic (exact) mass is 352 g/mol. The van der Waals surface area contributed by atoms with Gasteiger partial charge < -0.3 is 10.2 Å². The molecule has 3 rings (SSSR count). The normalized spacial score (nSPS) is 25.2. The number of amides is 2. The summed E-state index contributed by atoms with van der Waals surface area (Å²) in [5.74, 6) is -2.03. The third-order valence-electron chi connectivity index (χ3n) is 4.15. The molecule has 0 bridgehead atoms. The van der Waals surface area contributed by atoms with E-state index >= 15 is 0 Å². The van der Waals surface area contributed by atoms with Crippen molar-refractivity contribution in [3.05, 3.63) is 41.1 Å². The molecular weight excluding hydrogens is 335 g/mol. The molecule has 128 valence electrons. The van der Waals surface area contributed by atoms with Crippen molar-refractivity contribution in [1.29, 1.82) is 0 Å². The molecule has 0 spiro atoms. The van der Waals surface area contributed by atoms with Gasteiger partial charge in [0.15, 0.2) is 9.84 Å². The Balaban J connectivity index is 1.68. The van der Waals surface area contributed by atoms with E-state index in [1.54, 1.807) is 13.0 Å². The average molecular weight is 352 g/mol. The maximum atomic E-state index is 14.0. The smallest absolute Gasteiger partial charge is 0.227 e. The molecule has 2 amide bonds. The van der Waals surface area contributed by atoms with Crippen LogP contribution in [0, 0.1) is 18.7 Å². The number of hydrogen-bond acceptors (Lipinski definition) is 4. The molecule has 0 aliphatic carbocycles. The fourth-order valence-corrected chi connectivity index (χ4v) is 4.15. The molecule has 2 aliphatic rings. The summed E-state index contributed by atoms with van der Waals surface area (Å²) in [7, 11) is -3.26. The summed E-state index contributed by atoms with van der Waals surface area (Å²) in [5.41, 5.74) is 0.899. The number of nitrogens with one attached hydrogen (secondary N) is 1. The van der Waals surface area contributed by atoms with Crippen LogP contribution in [0.1, 0.15) is 12.0 Å². The molecule has 0 aromatic heterocycles. The van der Waals surface area contributed by atoms with Crippen LogP contribution < -0.4 is 10.2 Å². The molecule has 1 N–H and O–H groups in total. The average Bonchev–Trinajstić information content (AvgIpc) is 3.02. The Morgan fingerprint density at radius 1 is 1.38 bits per heavy atom. The topological polar surface area (TPSA) is 83.6 Å². The predicted molar refractivity (Wildman–Crippen MR) is 86.5 cm³/mol. The lowest BCUT2D eigenvalue weighted by Crippen LogP contribution is -2.40. The van der Waals surface area contributed by atoms with Crippen LogP contribution in [0.15, 0.2) is 29.7 Å². The first-order valence-corrected chi connectivity index (χ1v) is 9.24. The molecule has 1 aromatic rings. The second kappa shape index (κ2) is 6.01. The maximum absolute atomic E-state index is 14.0. The van der Waals surface area contributed by atoms with Gasteiger partial charge in [0.05, 0.1) is 23.4 Å². The van der Waals surface area contributed by atoms with Crippen molar-refractivity contribution < 1.29 is 22.4 Å². The van der Waals surface area contributed by atoms with Crippen molar-refractivity contribution in [2.24, 2.45) is 5.92 Å². The first kappa shape index (κ1) is 16.6. The van der Waals surface area contributed by atoms with Gasteiger partial charge in [-0.1, -0.05) is 6.07 Å². The third-order valence-corrected chi connectivity index (χ3v) is 5.54. The number of nitrogens with zero attached hydrogens (tertiary/aromatic N) is 1. The van der Waals surface area contributed by atoms with Gasteiger partial charge in [-0.3, -0.25) is 9.59 Å². The van der Waals surface area contributed by atoms with E-state index in [-0.39, 0.29) is 30.3 Å². The minimum atomic E-state index is -3.26. The lowest BCUT2D eigenvalue weighted by atomic mass is 10.1. The van der Waals surface area contributed by atoms with Gasteiger partial charge in [0.25, 0.3) is 0 Å². The van der Waals surface area contributed by atoms with Crippen molar-refractivity contribution in [3.63, 3.8) is 0 Å². The molecule has 24 heavy (non-hydrogen) atoms. The zero-order chi connectivity index (χ0) is 17.5. The van der Waals surface area contributed by atoms with E-state index in [4.69, 9.17) is 0 Å². The summed E-state index contributed by atoms with van der Waals surface area (Å²) in [6.07, 6.45) is 1.39. The number of carbonyl (C=O) groups excluding carboxylic acids is 2. The standard InChI is InChI=1S/C16H17FN2O4S/c1-10-2-3-14(13(17)6-10)19-8-11(7-15(19)20)16(21)18-12-4-5-24(22,23)9-12/h2-6,11-12H,7-9H2,1H3,(H,18,21). The highest BCUT2D eigenvalue weighted by Gasteiger charge is 2.37. The molecule has 8 heteroatoms. The molecule has 0 radical (unpaired) electrons. The Kier molecular flexibility index (Phi) is 4.16. The summed E-state index contributed by atoms with van der Waals surface area (Å²) in [5, 5.41) is 3.69. The van der Waals surface area contributed by atoms with Crippen molar-refractivity contribution in [2.75, 3.05) is 17.2 Å². The minimum absolute atomic E-state index is 0.0255. The Hall–Kier alpha value is -2.22. The molecule has 2 atom stereocenters. The summed E-state index contributed by atoms with van der Waals surface area (Å²) in [6.45, 7) is 1.83. The number of rotatable bonds is 3. The van der Waals surface area contributed by atoms with Gasteiger partial charge in [0, 0.05) is 18.4 Å². The number of carbonyl (C=O) groups is 2. The number of hydrogen-bond donors (Lipinski definition) is 1. The Bertz CT molecular complexity index is 834. The van der Waals surface area contributed by atoms with Crippen molar-refractivity contribution in [3.8, 4) is 0 Å². The summed E-state index contributed by atoms with van der Waals surface area (Å²) >= 11 is 0. The van der Waals surface area contributed by atoms with Crippen LogP contribution in [0.2, 0.25) is 0 Å². The van der Waals surface area contributed by atoms with Gasteiger partial charge in [-0.25, -0.2) is 12.8 Å². The number of benzene rings is 1. The Labute approximate surface area is 139 Å². The van der Waals surface area contributed by atoms with E-state index in [0.717, 1.165) is 11.0 Å². The van der Waals surface area contributed by atoms with Crippen molar-refractivity contribution in [1.82, 2.24) is 5.32 Å². The molecule has 2 aliphatic heterocycles. The highest BCUT2D eigenvalue weighted by molar-refractivity contribution is 7.94. The van der Waals surface area contributed by atoms with E-state index in [1.807, 2.05) is 0 Å². The first-order chi connectivity index (χ1) is 11.2. The van der Waals surface area contributed by atoms with E-state index in [2.05, 4.69) is 5.32 Å². The third kappa shape index (κ3) is 3.33. The zero-order valence-corrected chi connectivity index (χ0v) is 13.8. The number of halogens is 1. The summed E-state index contributed by atoms with van der Waals surface area (Å²) in [4.78, 5) is 25.7. The van der Waals surface area contributed by atoms with Crippen LogP contribution in [-0.2, 0) is 19.4 Å². The van der Waals surface area contributed by atoms with Crippen LogP contribution in [0.5, 0.6) is 0 Å². The second-order valence-electron chi connectivity index (χ2n) is 6.13. The SMILES string of the molecule is Cc1ccc(N2CC(C(=O)NC3C=CS(=O)(=O)C3)CC2=O)c(F)c1. The Morgan fingerprint density at radius 3 is 2.75 bits per heavy atom. The minimum Gasteiger partial charge on any atom is -0.349 e. The molecule has 2 heterocycles. The second-order valence-corrected chi connectivity index (χ2v) is 8.06. The fourth-order valence-electron chi connectivity index (χ4n) is 2.91. The highest BCUT2D eigenvalue weighted by Crippen LogP contribution is 2.28. The maximum Gasteiger partial charge on any atom is 0.227 e. The number of sulfone groups is 1. The highest BCUT2D eigenvalue weighted by atomic mass is 32.2. The molecule has 2 unspecified atom stereocenters. The van der Waals surface area contributed by atoms with Gasteiger partial charge in [0.1, 0.15) is 5.82 Å². The molecular formula is C16H17FN2O4S. The first-order valence-electron chi connectivity index (χ1n) is 7.53. The van der Waals surface area contributed by atoms with Gasteiger partial charge >= 0.3 is 0 Å². The molecule has 6 nitrogen and oxygen atoms in total. The lowest BCUT2D eigenvalue weighted by molar-refractivity contribution is -0.126. The van der Waals surface area contributed by atoms with Crippen molar-refractivity contribution in [2.45, 2.75) is 19.4 Å². The number of anilines is 1. The van der Waals surface area contributed by atoms with E-state index in [1.165, 1.54) is 23.1 Å². The van der Waals surface area contributed by atoms with E-state index in [9.17, 15) is 22.4 Å². The largest absolute Gasteiger partial charge is 0.349 e. The van der Waals surface area contributed by atoms with Crippen molar-refractivity contribution >= 4 is 27.3 Å². The van der Waals surface area contributed by atoms with E-state index in [0.29, 0.717) is 0 Å². The summed E-state index contributed by atoms with van der Waals surface area (Å²) in [6, 6.07) is 3.98. The molecule has 1 aromatic carbocycles. The van der Waals surface area contributed by atoms with Gasteiger partial charge in [-0.2, -0.15) is 0 Å². The summed E-state index contributed by atoms with van der Waals surface area (Å²) < 4.78 is 36.8. The van der Waals surface area contributed by atoms with Crippen LogP contribution in [-0.4, -0.2) is 38.6 Å². The lowest BCUT2D eigenvalue weighted by Gasteiger charge is -2.18. The van der Waals surface area contributed by atoms with Crippen LogP contribution in [0.3, 0.4) is 0 Å². The van der Waals surface area contributed by atoms with E-state index < -0.39 is 33.5 Å². The van der Waals surface area contributed by atoms with Gasteiger partial charge in [-0.15, -0.1) is 0 Å². The number of aryl methyl sites for hydroxylation is 1. The van der Waals surface area contributed by atoms with Crippen LogP contribution in [0.25, 0.3) is 0 Å².